The molecule has 318 valence electrons. The molecule has 2 nitrogen and oxygen atoms in total. The molecule has 4 atom stereocenters. The minimum atomic E-state index is -0.108. The second-order valence-corrected chi connectivity index (χ2v) is 20.7. The van der Waals surface area contributed by atoms with E-state index in [0.717, 1.165) is 40.5 Å². The Labute approximate surface area is 384 Å². The third kappa shape index (κ3) is 6.35. The Morgan fingerprint density at radius 2 is 1.00 bits per heavy atom. The minimum absolute atomic E-state index is 0.108. The van der Waals surface area contributed by atoms with Gasteiger partial charge in [-0.2, -0.15) is 0 Å². The fourth-order valence-electron chi connectivity index (χ4n) is 13.5. The topological polar surface area (TPSA) is 8.17 Å². The summed E-state index contributed by atoms with van der Waals surface area (Å²) in [7, 11) is 0. The van der Waals surface area contributed by atoms with E-state index in [2.05, 4.69) is 211 Å². The van der Waals surface area contributed by atoms with E-state index in [1.807, 2.05) is 0 Å². The van der Waals surface area contributed by atoms with E-state index in [1.165, 1.54) is 118 Å². The number of hydrogen-bond donors (Lipinski definition) is 0. The number of hydrogen-bond acceptors (Lipinski definition) is 1. The van der Waals surface area contributed by atoms with E-state index in [0.29, 0.717) is 5.41 Å². The lowest BCUT2D eigenvalue weighted by Gasteiger charge is -2.35. The van der Waals surface area contributed by atoms with Crippen LogP contribution in [0.5, 0.6) is 0 Å². The van der Waals surface area contributed by atoms with Gasteiger partial charge in [0.2, 0.25) is 0 Å². The minimum Gasteiger partial charge on any atom is -0.310 e. The van der Waals surface area contributed by atoms with E-state index < -0.39 is 0 Å². The highest BCUT2D eigenvalue weighted by Crippen LogP contribution is 2.56. The fraction of sp³-hybridized carbons (Fsp3) is 0.238. The Morgan fingerprint density at radius 3 is 1.75 bits per heavy atom. The van der Waals surface area contributed by atoms with E-state index >= 15 is 0 Å². The van der Waals surface area contributed by atoms with Crippen molar-refractivity contribution in [1.82, 2.24) is 4.57 Å². The number of nitrogens with zero attached hydrogens (tertiary/aromatic N) is 2. The Hall–Kier alpha value is -6.64. The third-order valence-electron chi connectivity index (χ3n) is 16.6. The number of benzene rings is 8. The molecule has 9 aromatic rings. The van der Waals surface area contributed by atoms with Crippen molar-refractivity contribution < 1.29 is 0 Å². The smallest absolute Gasteiger partial charge is 0.0561 e. The third-order valence-corrected chi connectivity index (χ3v) is 16.6. The summed E-state index contributed by atoms with van der Waals surface area (Å²) in [6.07, 6.45) is 11.6. The van der Waals surface area contributed by atoms with Crippen molar-refractivity contribution in [2.24, 2.45) is 17.8 Å². The van der Waals surface area contributed by atoms with Gasteiger partial charge in [0.15, 0.2) is 0 Å². The second kappa shape index (κ2) is 15.0. The van der Waals surface area contributed by atoms with Gasteiger partial charge in [0, 0.05) is 38.9 Å². The van der Waals surface area contributed by atoms with Gasteiger partial charge < -0.3 is 9.47 Å². The average molecular weight is 841 g/mol. The highest BCUT2D eigenvalue weighted by molar-refractivity contribution is 6.10. The summed E-state index contributed by atoms with van der Waals surface area (Å²) in [5.74, 6) is 2.90. The molecule has 0 N–H and O–H groups in total. The van der Waals surface area contributed by atoms with Crippen LogP contribution in [0.4, 0.5) is 17.1 Å². The van der Waals surface area contributed by atoms with Crippen LogP contribution in [0.15, 0.2) is 188 Å². The predicted octanol–water partition coefficient (Wildman–Crippen LogP) is 17.1. The molecule has 1 aromatic heterocycles. The summed E-state index contributed by atoms with van der Waals surface area (Å²) < 4.78 is 2.42. The van der Waals surface area contributed by atoms with E-state index in [-0.39, 0.29) is 5.41 Å². The lowest BCUT2D eigenvalue weighted by atomic mass is 9.70. The van der Waals surface area contributed by atoms with Gasteiger partial charge in [0.25, 0.3) is 0 Å². The van der Waals surface area contributed by atoms with Gasteiger partial charge >= 0.3 is 0 Å². The Morgan fingerprint density at radius 1 is 0.446 bits per heavy atom. The first-order valence-electron chi connectivity index (χ1n) is 24.3. The normalized spacial score (nSPS) is 21.5. The molecule has 2 heteroatoms. The van der Waals surface area contributed by atoms with Crippen molar-refractivity contribution in [3.05, 3.63) is 205 Å². The van der Waals surface area contributed by atoms with E-state index in [1.54, 1.807) is 5.56 Å². The lowest BCUT2D eigenvalue weighted by molar-refractivity contribution is 0.268. The molecule has 0 spiro atoms. The lowest BCUT2D eigenvalue weighted by Crippen LogP contribution is -2.27. The van der Waals surface area contributed by atoms with Gasteiger partial charge in [0.05, 0.1) is 11.0 Å². The van der Waals surface area contributed by atoms with Gasteiger partial charge in [-0.3, -0.25) is 0 Å². The molecule has 4 aliphatic rings. The number of anilines is 3. The molecular formula is C63H56N2. The molecule has 0 saturated heterocycles. The summed E-state index contributed by atoms with van der Waals surface area (Å²) in [5.41, 5.74) is 19.4. The number of rotatable bonds is 7. The fourth-order valence-corrected chi connectivity index (χ4v) is 13.5. The van der Waals surface area contributed by atoms with Crippen LogP contribution in [0.1, 0.15) is 81.9 Å². The van der Waals surface area contributed by atoms with Crippen molar-refractivity contribution in [2.45, 2.75) is 76.0 Å². The first-order chi connectivity index (χ1) is 31.9. The Balaban J connectivity index is 0.850. The van der Waals surface area contributed by atoms with Crippen LogP contribution in [-0.2, 0) is 10.8 Å². The maximum atomic E-state index is 2.49. The average Bonchev–Trinajstić information content (AvgIpc) is 4.13. The number of fused-ring (bicyclic) bond motifs is 10. The molecule has 4 unspecified atom stereocenters. The van der Waals surface area contributed by atoms with Crippen LogP contribution in [0.2, 0.25) is 0 Å². The van der Waals surface area contributed by atoms with Crippen LogP contribution < -0.4 is 4.90 Å². The summed E-state index contributed by atoms with van der Waals surface area (Å²) in [4.78, 5) is 2.45. The van der Waals surface area contributed by atoms with Gasteiger partial charge in [-0.05, 0) is 166 Å². The largest absolute Gasteiger partial charge is 0.310 e. The standard InChI is InChI=1S/C63H56N2/c1-62(2)58-14-8-6-12-54(58)55-32-30-52(38-59(55)62)64(53-31-33-57-56-13-7-9-15-60(56)65(61(57)39-53)50-10-4-3-5-11-50)51-28-24-48(25-29-51)46-20-18-45(19-21-46)47-22-26-49(27-23-47)63-35-34-44(41-63)37-42-16-17-43(36-42)40-63/h3-15,18-33,38-39,42-44H,16-17,34-37,40-41H2,1-2H3. The Kier molecular flexibility index (Phi) is 8.93. The summed E-state index contributed by atoms with van der Waals surface area (Å²) in [5, 5.41) is 2.51. The predicted molar refractivity (Wildman–Crippen MR) is 273 cm³/mol. The summed E-state index contributed by atoms with van der Waals surface area (Å²) in [6, 6.07) is 70.9. The molecule has 1 heterocycles. The summed E-state index contributed by atoms with van der Waals surface area (Å²) in [6.45, 7) is 4.74. The first-order valence-corrected chi connectivity index (χ1v) is 24.3. The molecule has 65 heavy (non-hydrogen) atoms. The molecule has 0 amide bonds. The van der Waals surface area contributed by atoms with Crippen molar-refractivity contribution in [1.29, 1.82) is 0 Å². The first kappa shape index (κ1) is 38.8. The van der Waals surface area contributed by atoms with Gasteiger partial charge in [-0.25, -0.2) is 0 Å². The maximum Gasteiger partial charge on any atom is 0.0561 e. The van der Waals surface area contributed by atoms with Gasteiger partial charge in [-0.1, -0.05) is 160 Å². The Bertz CT molecular complexity index is 3240. The number of para-hydroxylation sites is 2. The summed E-state index contributed by atoms with van der Waals surface area (Å²) >= 11 is 0. The highest BCUT2D eigenvalue weighted by atomic mass is 15.1. The molecule has 3 fully saturated rings. The van der Waals surface area contributed by atoms with Gasteiger partial charge in [-0.15, -0.1) is 0 Å². The van der Waals surface area contributed by atoms with Crippen LogP contribution in [0, 0.1) is 17.8 Å². The van der Waals surface area contributed by atoms with E-state index in [9.17, 15) is 0 Å². The molecule has 4 aliphatic carbocycles. The zero-order valence-electron chi connectivity index (χ0n) is 37.7. The van der Waals surface area contributed by atoms with Crippen molar-refractivity contribution >= 4 is 38.9 Å². The molecule has 0 aliphatic heterocycles. The monoisotopic (exact) mass is 840 g/mol. The molecule has 3 saturated carbocycles. The molecular weight excluding hydrogens is 785 g/mol. The zero-order valence-corrected chi connectivity index (χ0v) is 37.7. The molecule has 8 aromatic carbocycles. The quantitative estimate of drug-likeness (QED) is 0.155. The van der Waals surface area contributed by atoms with Crippen LogP contribution in [0.3, 0.4) is 0 Å². The van der Waals surface area contributed by atoms with Crippen LogP contribution in [0.25, 0.3) is 60.9 Å². The van der Waals surface area contributed by atoms with Crippen molar-refractivity contribution in [3.8, 4) is 39.1 Å². The van der Waals surface area contributed by atoms with Gasteiger partial charge in [0.1, 0.15) is 0 Å². The zero-order chi connectivity index (χ0) is 43.3. The highest BCUT2D eigenvalue weighted by Gasteiger charge is 2.46. The second-order valence-electron chi connectivity index (χ2n) is 20.7. The molecule has 0 radical (unpaired) electrons. The van der Waals surface area contributed by atoms with E-state index in [4.69, 9.17) is 0 Å². The van der Waals surface area contributed by atoms with Crippen LogP contribution >= 0.6 is 0 Å². The van der Waals surface area contributed by atoms with Crippen LogP contribution in [-0.4, -0.2) is 4.57 Å². The maximum absolute atomic E-state index is 2.49. The molecule has 4 bridgehead atoms. The number of aromatic nitrogens is 1. The van der Waals surface area contributed by atoms with Crippen molar-refractivity contribution in [2.75, 3.05) is 4.90 Å². The SMILES string of the molecule is CC1(C)c2ccccc2-c2ccc(N(c3ccc(-c4ccc(-c5ccc(C67CCC(CC8CCC(C8)C6)C7)cc5)cc4)cc3)c3ccc4c5ccccc5n(-c5ccccc5)c4c3)cc21. The van der Waals surface area contributed by atoms with Crippen molar-refractivity contribution in [3.63, 3.8) is 0 Å². The molecule has 13 rings (SSSR count).